The summed E-state index contributed by atoms with van der Waals surface area (Å²) in [5.74, 6) is 1.40. The Kier molecular flexibility index (Phi) is 6.55. The number of aryl methyl sites for hydroxylation is 1. The van der Waals surface area contributed by atoms with Crippen molar-refractivity contribution < 1.29 is 19.0 Å². The zero-order valence-corrected chi connectivity index (χ0v) is 17.9. The van der Waals surface area contributed by atoms with E-state index in [4.69, 9.17) is 14.2 Å². The normalized spacial score (nSPS) is 13.9. The first-order valence-electron chi connectivity index (χ1n) is 10.0. The number of hydrogen-bond acceptors (Lipinski definition) is 6. The van der Waals surface area contributed by atoms with Crippen molar-refractivity contribution in [2.45, 2.75) is 45.8 Å². The summed E-state index contributed by atoms with van der Waals surface area (Å²) in [6.45, 7) is 5.76. The molecule has 0 saturated carbocycles. The third-order valence-electron chi connectivity index (χ3n) is 4.95. The molecule has 0 radical (unpaired) electrons. The van der Waals surface area contributed by atoms with E-state index in [1.807, 2.05) is 38.1 Å². The molecule has 2 aromatic rings. The van der Waals surface area contributed by atoms with Crippen molar-refractivity contribution in [1.29, 1.82) is 0 Å². The molecule has 158 valence electrons. The van der Waals surface area contributed by atoms with Crippen LogP contribution in [0.3, 0.4) is 0 Å². The molecule has 30 heavy (non-hydrogen) atoms. The first-order chi connectivity index (χ1) is 14.4. The molecular formula is C24H27NO5. The number of fused-ring (bicyclic) bond motifs is 1. The largest absolute Gasteiger partial charge is 0.496 e. The lowest BCUT2D eigenvalue weighted by atomic mass is 9.99. The van der Waals surface area contributed by atoms with Crippen LogP contribution in [0.15, 0.2) is 41.6 Å². The van der Waals surface area contributed by atoms with Gasteiger partial charge in [-0.25, -0.2) is 0 Å². The number of carbonyl (C=O) groups excluding carboxylic acids is 1. The molecule has 1 heterocycles. The number of methoxy groups -OCH3 is 1. The maximum absolute atomic E-state index is 12.9. The Morgan fingerprint density at radius 3 is 2.70 bits per heavy atom. The summed E-state index contributed by atoms with van der Waals surface area (Å²) in [5.41, 5.74) is 2.44. The molecule has 3 rings (SSSR count). The molecule has 0 amide bonds. The quantitative estimate of drug-likeness (QED) is 0.412. The molecule has 0 N–H and O–H groups in total. The van der Waals surface area contributed by atoms with Gasteiger partial charge in [0, 0.05) is 5.56 Å². The van der Waals surface area contributed by atoms with Gasteiger partial charge in [0.15, 0.2) is 6.61 Å². The molecule has 1 aliphatic rings. The van der Waals surface area contributed by atoms with Crippen molar-refractivity contribution in [2.75, 3.05) is 13.7 Å². The van der Waals surface area contributed by atoms with Gasteiger partial charge < -0.3 is 14.2 Å². The Bertz CT molecular complexity index is 978. The second-order valence-electron chi connectivity index (χ2n) is 7.79. The van der Waals surface area contributed by atoms with Gasteiger partial charge in [-0.05, 0) is 62.2 Å². The van der Waals surface area contributed by atoms with Crippen LogP contribution in [0, 0.1) is 4.91 Å². The van der Waals surface area contributed by atoms with E-state index in [0.29, 0.717) is 33.9 Å². The number of carbonyl (C=O) groups is 1. The van der Waals surface area contributed by atoms with Gasteiger partial charge in [-0.15, -0.1) is 0 Å². The van der Waals surface area contributed by atoms with Crippen molar-refractivity contribution >= 4 is 11.9 Å². The lowest BCUT2D eigenvalue weighted by Gasteiger charge is -2.29. The van der Waals surface area contributed by atoms with Crippen LogP contribution in [-0.2, 0) is 13.0 Å². The maximum Gasteiger partial charge on any atom is 0.203 e. The molecule has 1 aliphatic heterocycles. The Morgan fingerprint density at radius 2 is 2.00 bits per heavy atom. The topological polar surface area (TPSA) is 74.2 Å². The van der Waals surface area contributed by atoms with Crippen molar-refractivity contribution in [3.8, 4) is 17.2 Å². The van der Waals surface area contributed by atoms with Gasteiger partial charge in [0.1, 0.15) is 29.4 Å². The minimum atomic E-state index is -0.446. The number of nitrogens with zero attached hydrogens (tertiary/aromatic N) is 1. The first-order valence-corrected chi connectivity index (χ1v) is 10.0. The molecular weight excluding hydrogens is 382 g/mol. The molecule has 2 aromatic carbocycles. The Balaban J connectivity index is 1.86. The van der Waals surface area contributed by atoms with Crippen LogP contribution in [0.25, 0.3) is 6.08 Å². The summed E-state index contributed by atoms with van der Waals surface area (Å²) < 4.78 is 17.3. The molecule has 0 unspecified atom stereocenters. The lowest BCUT2D eigenvalue weighted by molar-refractivity contribution is 0.0916. The zero-order valence-electron chi connectivity index (χ0n) is 17.9. The van der Waals surface area contributed by atoms with E-state index in [2.05, 4.69) is 12.1 Å². The van der Waals surface area contributed by atoms with Crippen LogP contribution in [-0.4, -0.2) is 25.1 Å². The summed E-state index contributed by atoms with van der Waals surface area (Å²) in [4.78, 5) is 23.8. The van der Waals surface area contributed by atoms with Gasteiger partial charge in [-0.3, -0.25) is 4.79 Å². The molecule has 0 atom stereocenters. The van der Waals surface area contributed by atoms with Crippen molar-refractivity contribution in [2.24, 2.45) is 5.18 Å². The Labute approximate surface area is 176 Å². The van der Waals surface area contributed by atoms with Crippen LogP contribution >= 0.6 is 0 Å². The van der Waals surface area contributed by atoms with Gasteiger partial charge >= 0.3 is 0 Å². The van der Waals surface area contributed by atoms with E-state index in [1.54, 1.807) is 25.3 Å². The van der Waals surface area contributed by atoms with Crippen LogP contribution < -0.4 is 14.2 Å². The summed E-state index contributed by atoms with van der Waals surface area (Å²) >= 11 is 0. The van der Waals surface area contributed by atoms with E-state index < -0.39 is 5.60 Å². The highest BCUT2D eigenvalue weighted by Gasteiger charge is 2.26. The summed E-state index contributed by atoms with van der Waals surface area (Å²) in [6.07, 6.45) is 5.74. The maximum atomic E-state index is 12.9. The average molecular weight is 409 g/mol. The summed E-state index contributed by atoms with van der Waals surface area (Å²) in [7, 11) is 1.55. The third kappa shape index (κ3) is 4.70. The molecule has 0 bridgehead atoms. The molecule has 0 aromatic heterocycles. The molecule has 0 spiro atoms. The number of Topliss-reactive ketones (excluding diaryl/α,β-unsaturated/α-hetero) is 1. The smallest absolute Gasteiger partial charge is 0.203 e. The Morgan fingerprint density at radius 1 is 1.20 bits per heavy atom. The number of ether oxygens (including phenoxy) is 3. The van der Waals surface area contributed by atoms with Crippen LogP contribution in [0.4, 0.5) is 0 Å². The highest BCUT2D eigenvalue weighted by atomic mass is 16.5. The van der Waals surface area contributed by atoms with Crippen molar-refractivity contribution in [3.63, 3.8) is 0 Å². The van der Waals surface area contributed by atoms with Gasteiger partial charge in [-0.1, -0.05) is 24.6 Å². The van der Waals surface area contributed by atoms with Crippen LogP contribution in [0.5, 0.6) is 17.2 Å². The van der Waals surface area contributed by atoms with E-state index in [9.17, 15) is 9.70 Å². The number of ketones is 1. The van der Waals surface area contributed by atoms with Crippen molar-refractivity contribution in [1.82, 2.24) is 0 Å². The van der Waals surface area contributed by atoms with Crippen LogP contribution in [0.1, 0.15) is 54.2 Å². The van der Waals surface area contributed by atoms with Crippen molar-refractivity contribution in [3.05, 3.63) is 63.6 Å². The fraction of sp³-hybridized carbons (Fsp3) is 0.375. The number of benzene rings is 2. The lowest BCUT2D eigenvalue weighted by Crippen LogP contribution is -2.27. The fourth-order valence-corrected chi connectivity index (χ4v) is 3.47. The molecule has 6 heteroatoms. The molecule has 6 nitrogen and oxygen atoms in total. The number of hydrogen-bond donors (Lipinski definition) is 0. The van der Waals surface area contributed by atoms with E-state index in [-0.39, 0.29) is 18.9 Å². The second kappa shape index (κ2) is 9.11. The first kappa shape index (κ1) is 21.6. The fourth-order valence-electron chi connectivity index (χ4n) is 3.47. The van der Waals surface area contributed by atoms with E-state index in [1.165, 1.54) is 0 Å². The predicted molar refractivity (Wildman–Crippen MR) is 116 cm³/mol. The van der Waals surface area contributed by atoms with Gasteiger partial charge in [0.05, 0.1) is 18.2 Å². The minimum absolute atomic E-state index is 0.0525. The average Bonchev–Trinajstić information content (AvgIpc) is 2.72. The molecule has 0 fully saturated rings. The van der Waals surface area contributed by atoms with Gasteiger partial charge in [0.2, 0.25) is 5.78 Å². The third-order valence-corrected chi connectivity index (χ3v) is 4.95. The SMILES string of the molecule is CCCc1ccc(C(=O)COc2c(CN=O)ccc3c2C=CC(C)(C)O3)c(OC)c1. The second-order valence-corrected chi connectivity index (χ2v) is 7.79. The van der Waals surface area contributed by atoms with Crippen LogP contribution in [0.2, 0.25) is 0 Å². The van der Waals surface area contributed by atoms with Gasteiger partial charge in [0.25, 0.3) is 0 Å². The minimum Gasteiger partial charge on any atom is -0.496 e. The molecule has 0 aliphatic carbocycles. The zero-order chi connectivity index (χ0) is 21.7. The Hall–Kier alpha value is -3.15. The highest BCUT2D eigenvalue weighted by molar-refractivity contribution is 6.00. The molecule has 0 saturated heterocycles. The number of nitroso groups, excluding NO2 is 1. The summed E-state index contributed by atoms with van der Waals surface area (Å²) in [5, 5.41) is 2.98. The standard InChI is InChI=1S/C24H27NO5/c1-5-6-16-7-9-18(22(13-16)28-4)20(26)15-29-23-17(14-25-27)8-10-21-19(23)11-12-24(2,3)30-21/h7-13H,5-6,14-15H2,1-4H3. The van der Waals surface area contributed by atoms with E-state index in [0.717, 1.165) is 18.4 Å². The number of rotatable bonds is 9. The monoisotopic (exact) mass is 409 g/mol. The highest BCUT2D eigenvalue weighted by Crippen LogP contribution is 2.39. The van der Waals surface area contributed by atoms with Gasteiger partial charge in [-0.2, -0.15) is 4.91 Å². The van der Waals surface area contributed by atoms with E-state index >= 15 is 0 Å². The summed E-state index contributed by atoms with van der Waals surface area (Å²) in [6, 6.07) is 9.14. The predicted octanol–water partition coefficient (Wildman–Crippen LogP) is 5.36.